The third-order valence-corrected chi connectivity index (χ3v) is 6.78. The van der Waals surface area contributed by atoms with Crippen molar-refractivity contribution < 1.29 is 40.9 Å². The largest absolute Gasteiger partial charge is 0.573 e. The molecule has 222 valence electrons. The van der Waals surface area contributed by atoms with E-state index in [9.17, 15) is 31.4 Å². The molecule has 0 saturated heterocycles. The van der Waals surface area contributed by atoms with Crippen LogP contribution in [-0.4, -0.2) is 18.1 Å². The fourth-order valence-electron chi connectivity index (χ4n) is 4.47. The van der Waals surface area contributed by atoms with E-state index in [4.69, 9.17) is 16.3 Å². The van der Waals surface area contributed by atoms with Crippen LogP contribution >= 0.6 is 11.6 Å². The van der Waals surface area contributed by atoms with Gasteiger partial charge in [-0.1, -0.05) is 48.9 Å². The molecule has 0 bridgehead atoms. The molecular weight excluding hydrogens is 584 g/mol. The van der Waals surface area contributed by atoms with Crippen LogP contribution in [0.15, 0.2) is 91.0 Å². The van der Waals surface area contributed by atoms with E-state index in [2.05, 4.69) is 4.74 Å². The smallest absolute Gasteiger partial charge is 0.457 e. The van der Waals surface area contributed by atoms with Gasteiger partial charge in [0.2, 0.25) is 0 Å². The van der Waals surface area contributed by atoms with E-state index in [1.807, 2.05) is 6.92 Å². The molecule has 4 rings (SSSR count). The number of benzene rings is 4. The minimum Gasteiger partial charge on any atom is -0.457 e. The maximum Gasteiger partial charge on any atom is 0.573 e. The van der Waals surface area contributed by atoms with Crippen molar-refractivity contribution >= 4 is 17.3 Å². The second-order valence-corrected chi connectivity index (χ2v) is 9.76. The second kappa shape index (κ2) is 13.0. The number of aliphatic hydroxyl groups is 1. The van der Waals surface area contributed by atoms with Gasteiger partial charge in [-0.25, -0.2) is 0 Å². The first-order valence-electron chi connectivity index (χ1n) is 12.8. The van der Waals surface area contributed by atoms with Crippen molar-refractivity contribution in [3.63, 3.8) is 0 Å². The summed E-state index contributed by atoms with van der Waals surface area (Å²) in [5.74, 6) is 0.441. The Morgan fingerprint density at radius 2 is 1.50 bits per heavy atom. The summed E-state index contributed by atoms with van der Waals surface area (Å²) in [5.41, 5.74) is 0.935. The van der Waals surface area contributed by atoms with Crippen LogP contribution in [0.3, 0.4) is 0 Å². The minimum atomic E-state index is -4.91. The van der Waals surface area contributed by atoms with Gasteiger partial charge in [0.25, 0.3) is 0 Å². The lowest BCUT2D eigenvalue weighted by atomic mass is 10.0. The zero-order valence-corrected chi connectivity index (χ0v) is 23.0. The standard InChI is InChI=1S/C31H26ClF6NO3/c1-2-21-16-26(12-13-28(21)32)41-25-10-5-9-24(17-25)39(18-20-6-3-11-27(14-20)42-31(36,37)38)29(19-40)22-7-4-8-23(15-22)30(33,34)35/h3-17,29,40H,2,18-19H2,1H3. The molecule has 0 aromatic heterocycles. The van der Waals surface area contributed by atoms with E-state index < -0.39 is 36.5 Å². The lowest BCUT2D eigenvalue weighted by molar-refractivity contribution is -0.274. The molecule has 0 aliphatic heterocycles. The number of aliphatic hydroxyl groups excluding tert-OH is 1. The van der Waals surface area contributed by atoms with Gasteiger partial charge >= 0.3 is 12.5 Å². The number of nitrogens with zero attached hydrogens (tertiary/aromatic N) is 1. The molecule has 0 aliphatic carbocycles. The lowest BCUT2D eigenvalue weighted by Gasteiger charge is -2.34. The van der Waals surface area contributed by atoms with Gasteiger partial charge in [0.15, 0.2) is 0 Å². The quantitative estimate of drug-likeness (QED) is 0.182. The Morgan fingerprint density at radius 1 is 0.810 bits per heavy atom. The van der Waals surface area contributed by atoms with E-state index in [-0.39, 0.29) is 12.1 Å². The second-order valence-electron chi connectivity index (χ2n) is 9.35. The number of ether oxygens (including phenoxy) is 2. The monoisotopic (exact) mass is 609 g/mol. The Morgan fingerprint density at radius 3 is 2.19 bits per heavy atom. The zero-order valence-electron chi connectivity index (χ0n) is 22.2. The highest BCUT2D eigenvalue weighted by Crippen LogP contribution is 2.36. The van der Waals surface area contributed by atoms with Gasteiger partial charge in [0.05, 0.1) is 18.2 Å². The number of anilines is 1. The van der Waals surface area contributed by atoms with E-state index in [0.29, 0.717) is 34.2 Å². The van der Waals surface area contributed by atoms with E-state index in [1.165, 1.54) is 24.3 Å². The number of halogens is 7. The number of alkyl halides is 6. The third-order valence-electron chi connectivity index (χ3n) is 6.42. The van der Waals surface area contributed by atoms with Gasteiger partial charge in [0.1, 0.15) is 17.2 Å². The average molecular weight is 610 g/mol. The SMILES string of the molecule is CCc1cc(Oc2cccc(N(Cc3cccc(OC(F)(F)F)c3)C(CO)c3cccc(C(F)(F)F)c3)c2)ccc1Cl. The normalized spacial score (nSPS) is 12.6. The number of rotatable bonds is 10. The van der Waals surface area contributed by atoms with Crippen LogP contribution in [0.5, 0.6) is 17.2 Å². The first kappa shape index (κ1) is 31.1. The van der Waals surface area contributed by atoms with Crippen LogP contribution in [0.4, 0.5) is 32.0 Å². The third kappa shape index (κ3) is 8.10. The number of hydrogen-bond acceptors (Lipinski definition) is 4. The highest BCUT2D eigenvalue weighted by atomic mass is 35.5. The first-order chi connectivity index (χ1) is 19.9. The average Bonchev–Trinajstić information content (AvgIpc) is 2.93. The maximum absolute atomic E-state index is 13.5. The van der Waals surface area contributed by atoms with Gasteiger partial charge in [-0.3, -0.25) is 0 Å². The molecule has 11 heteroatoms. The molecule has 4 aromatic carbocycles. The summed E-state index contributed by atoms with van der Waals surface area (Å²) in [7, 11) is 0. The maximum atomic E-state index is 13.5. The number of hydrogen-bond donors (Lipinski definition) is 1. The van der Waals surface area contributed by atoms with Crippen molar-refractivity contribution in [2.75, 3.05) is 11.5 Å². The lowest BCUT2D eigenvalue weighted by Crippen LogP contribution is -2.31. The topological polar surface area (TPSA) is 41.9 Å². The van der Waals surface area contributed by atoms with Crippen LogP contribution in [0.2, 0.25) is 5.02 Å². The Bertz CT molecular complexity index is 1510. The van der Waals surface area contributed by atoms with Crippen LogP contribution < -0.4 is 14.4 Å². The molecule has 0 radical (unpaired) electrons. The number of aryl methyl sites for hydroxylation is 1. The van der Waals surface area contributed by atoms with Crippen molar-refractivity contribution in [2.45, 2.75) is 38.5 Å². The van der Waals surface area contributed by atoms with Gasteiger partial charge in [-0.05, 0) is 77.7 Å². The minimum absolute atomic E-state index is 0.0824. The van der Waals surface area contributed by atoms with E-state index >= 15 is 0 Å². The Balaban J connectivity index is 1.75. The summed E-state index contributed by atoms with van der Waals surface area (Å²) >= 11 is 6.21. The molecule has 0 amide bonds. The van der Waals surface area contributed by atoms with Gasteiger partial charge in [-0.2, -0.15) is 13.2 Å². The van der Waals surface area contributed by atoms with Gasteiger partial charge in [0, 0.05) is 23.3 Å². The molecule has 4 aromatic rings. The molecule has 42 heavy (non-hydrogen) atoms. The first-order valence-corrected chi connectivity index (χ1v) is 13.2. The summed E-state index contributed by atoms with van der Waals surface area (Å²) in [6.07, 6.45) is -8.85. The molecule has 0 spiro atoms. The molecule has 1 unspecified atom stereocenters. The van der Waals surface area contributed by atoms with Crippen LogP contribution in [0.1, 0.15) is 35.2 Å². The fraction of sp³-hybridized carbons (Fsp3) is 0.226. The van der Waals surface area contributed by atoms with E-state index in [0.717, 1.165) is 23.8 Å². The summed E-state index contributed by atoms with van der Waals surface area (Å²) in [5, 5.41) is 11.0. The molecule has 0 fully saturated rings. The predicted molar refractivity (Wildman–Crippen MR) is 148 cm³/mol. The van der Waals surface area contributed by atoms with Crippen LogP contribution in [0, 0.1) is 0 Å². The predicted octanol–water partition coefficient (Wildman–Crippen LogP) is 9.35. The Labute approximate surface area is 243 Å². The van der Waals surface area contributed by atoms with Crippen molar-refractivity contribution in [1.29, 1.82) is 0 Å². The Kier molecular flexibility index (Phi) is 9.58. The summed E-state index contributed by atoms with van der Waals surface area (Å²) in [6.45, 7) is 1.27. The van der Waals surface area contributed by atoms with Crippen molar-refractivity contribution in [2.24, 2.45) is 0 Å². The molecule has 1 atom stereocenters. The zero-order chi connectivity index (χ0) is 30.5. The molecule has 0 heterocycles. The molecule has 0 saturated carbocycles. The highest BCUT2D eigenvalue weighted by Gasteiger charge is 2.33. The van der Waals surface area contributed by atoms with Crippen molar-refractivity contribution in [3.8, 4) is 17.2 Å². The van der Waals surface area contributed by atoms with Crippen molar-refractivity contribution in [1.82, 2.24) is 0 Å². The summed E-state index contributed by atoms with van der Waals surface area (Å²) in [6, 6.07) is 20.6. The van der Waals surface area contributed by atoms with Crippen LogP contribution in [0.25, 0.3) is 0 Å². The van der Waals surface area contributed by atoms with Gasteiger partial charge < -0.3 is 19.5 Å². The summed E-state index contributed by atoms with van der Waals surface area (Å²) in [4.78, 5) is 1.59. The van der Waals surface area contributed by atoms with E-state index in [1.54, 1.807) is 53.4 Å². The molecular formula is C31H26ClF6NO3. The van der Waals surface area contributed by atoms with Crippen LogP contribution in [-0.2, 0) is 19.1 Å². The molecule has 1 N–H and O–H groups in total. The molecule has 0 aliphatic rings. The summed E-state index contributed by atoms with van der Waals surface area (Å²) < 4.78 is 89.2. The molecule has 4 nitrogen and oxygen atoms in total. The highest BCUT2D eigenvalue weighted by molar-refractivity contribution is 6.31. The Hall–Kier alpha value is -3.89. The van der Waals surface area contributed by atoms with Gasteiger partial charge in [-0.15, -0.1) is 13.2 Å². The van der Waals surface area contributed by atoms with Crippen molar-refractivity contribution in [3.05, 3.63) is 118 Å². The fourth-order valence-corrected chi connectivity index (χ4v) is 4.72.